The van der Waals surface area contributed by atoms with Gasteiger partial charge in [-0.15, -0.1) is 11.8 Å². The molecule has 5 aromatic carbocycles. The Morgan fingerprint density at radius 2 is 1.45 bits per heavy atom. The maximum atomic E-state index is 15.8. The summed E-state index contributed by atoms with van der Waals surface area (Å²) < 4.78 is 176. The number of esters is 1. The summed E-state index contributed by atoms with van der Waals surface area (Å²) in [6.07, 6.45) is 1.35. The molecule has 1 aromatic heterocycles. The lowest BCUT2D eigenvalue weighted by Gasteiger charge is -2.37. The molecule has 17 nitrogen and oxygen atoms in total. The first-order valence-corrected chi connectivity index (χ1v) is 34.6. The third-order valence-corrected chi connectivity index (χ3v) is 20.9. The van der Waals surface area contributed by atoms with Crippen LogP contribution in [-0.2, 0) is 43.8 Å². The van der Waals surface area contributed by atoms with Gasteiger partial charge in [-0.2, -0.15) is 13.2 Å². The Morgan fingerprint density at radius 3 is 2.05 bits per heavy atom. The molecular formula is C56H63ClF5N6O11PS4. The van der Waals surface area contributed by atoms with E-state index in [4.69, 9.17) is 26.1 Å². The second kappa shape index (κ2) is 26.1. The highest BCUT2D eigenvalue weighted by Gasteiger charge is 2.48. The number of sulfone groups is 2. The lowest BCUT2D eigenvalue weighted by atomic mass is 9.97. The van der Waals surface area contributed by atoms with E-state index in [1.807, 2.05) is 33.1 Å². The molecule has 28 heteroatoms. The van der Waals surface area contributed by atoms with Gasteiger partial charge >= 0.3 is 19.1 Å². The average Bonchev–Trinajstić information content (AvgIpc) is 1.76. The summed E-state index contributed by atoms with van der Waals surface area (Å²) in [4.78, 5) is 34.8. The zero-order valence-electron chi connectivity index (χ0n) is 46.0. The van der Waals surface area contributed by atoms with Crippen molar-refractivity contribution < 1.29 is 71.1 Å². The number of likely N-dealkylation sites (tertiary alicyclic amines) is 1. The van der Waals surface area contributed by atoms with Crippen molar-refractivity contribution >= 4 is 89.4 Å². The lowest BCUT2D eigenvalue weighted by molar-refractivity contribution is -0.149. The smallest absolute Gasteiger partial charge is 0.465 e. The first-order chi connectivity index (χ1) is 39.4. The molecule has 454 valence electrons. The van der Waals surface area contributed by atoms with E-state index in [2.05, 4.69) is 10.0 Å². The number of ether oxygens (including phenoxy) is 1. The summed E-state index contributed by atoms with van der Waals surface area (Å²) in [7, 11) is -19.2. The number of hydrogen-bond donors (Lipinski definition) is 4. The summed E-state index contributed by atoms with van der Waals surface area (Å²) in [6, 6.07) is 24.7. The summed E-state index contributed by atoms with van der Waals surface area (Å²) in [6.45, 7) is 7.85. The fourth-order valence-corrected chi connectivity index (χ4v) is 15.2. The molecule has 6 aromatic rings. The van der Waals surface area contributed by atoms with Crippen LogP contribution < -0.4 is 19.8 Å². The Kier molecular flexibility index (Phi) is 20.0. The number of carbonyl (C=O) groups excluding carboxylic acids is 1. The Hall–Kier alpha value is -5.70. The molecular weight excluding hydrogens is 1220 g/mol. The van der Waals surface area contributed by atoms with Gasteiger partial charge < -0.3 is 39.1 Å². The molecule has 0 spiro atoms. The van der Waals surface area contributed by atoms with Gasteiger partial charge in [-0.05, 0) is 149 Å². The lowest BCUT2D eigenvalue weighted by Crippen LogP contribution is -2.46. The second-order valence-electron chi connectivity index (χ2n) is 20.9. The van der Waals surface area contributed by atoms with Crippen LogP contribution in [0.2, 0.25) is 5.02 Å². The number of nitrogens with zero attached hydrogens (tertiary/aromatic N) is 4. The van der Waals surface area contributed by atoms with Crippen LogP contribution in [0.3, 0.4) is 0 Å². The quantitative estimate of drug-likeness (QED) is 0.0215. The van der Waals surface area contributed by atoms with E-state index in [9.17, 15) is 52.2 Å². The first-order valence-electron chi connectivity index (χ1n) is 26.6. The number of nitrogens with one attached hydrogen (secondary N) is 2. The second-order valence-corrected chi connectivity index (χ2v) is 29.7. The first kappa shape index (κ1) is 64.3. The molecule has 2 fully saturated rings. The van der Waals surface area contributed by atoms with Crippen molar-refractivity contribution in [1.29, 1.82) is 0 Å². The van der Waals surface area contributed by atoms with Crippen molar-refractivity contribution in [2.45, 2.75) is 77.2 Å². The van der Waals surface area contributed by atoms with E-state index in [-0.39, 0.29) is 40.2 Å². The number of carbonyl (C=O) groups is 1. The average molecular weight is 1290 g/mol. The fraction of sp³-hybridized carbons (Fsp3) is 0.375. The number of aromatic nitrogens is 1. The standard InChI is InChI=1S/C56H63ClF5N6O11PS4/c1-36(2)68-37(3)54(82(4,73)74)52(53(68)38-9-11-41(57)12-10-38)40-31-42(58)33-46(32-40)67-27-25-66(26-28-67)45-15-13-43(14-16-45)64-84(77,78)47-17-18-49(51(34-47)83(75,76)56(60,61)62)63-44(35-81-50-8-6-5-7-48(50)59)21-24-65-22-19-39(20-23-65)55(69)79-29-30-80(70,71)72/h5-18,31-34,36,39,44,63-64H,19-30,35H2,1-4H3,(H2,70,71,72). The number of benzene rings is 5. The molecule has 0 radical (unpaired) electrons. The van der Waals surface area contributed by atoms with Gasteiger partial charge in [-0.3, -0.25) is 14.1 Å². The van der Waals surface area contributed by atoms with Crippen LogP contribution in [-0.4, -0.2) is 133 Å². The fourth-order valence-electron chi connectivity index (χ4n) is 10.4. The topological polar surface area (TPSA) is 225 Å². The highest BCUT2D eigenvalue weighted by Crippen LogP contribution is 2.45. The van der Waals surface area contributed by atoms with E-state index in [0.29, 0.717) is 103 Å². The van der Waals surface area contributed by atoms with Crippen LogP contribution in [0.1, 0.15) is 44.8 Å². The van der Waals surface area contributed by atoms with Gasteiger partial charge in [0.1, 0.15) is 23.1 Å². The monoisotopic (exact) mass is 1280 g/mol. The largest absolute Gasteiger partial charge is 0.501 e. The SMILES string of the molecule is Cc1c(S(C)(=O)=O)c(-c2cc(F)cc(N3CCN(c4ccc(NS(=O)(=O)c5ccc(NC(CCN6CCC(C(=O)OCCP(=O)(O)O)CC6)CSc6ccccc6F)c(S(=O)(=O)C(F)(F)F)c5)cc4)CC3)c2)c(-c2ccc(Cl)cc2)n1C(C)C. The van der Waals surface area contributed by atoms with E-state index in [1.165, 1.54) is 42.5 Å². The highest BCUT2D eigenvalue weighted by molar-refractivity contribution is 7.99. The van der Waals surface area contributed by atoms with E-state index in [1.54, 1.807) is 55.5 Å². The molecule has 0 saturated carbocycles. The van der Waals surface area contributed by atoms with Gasteiger partial charge in [-0.25, -0.2) is 34.0 Å². The predicted octanol–water partition coefficient (Wildman–Crippen LogP) is 10.9. The van der Waals surface area contributed by atoms with Crippen LogP contribution >= 0.6 is 31.0 Å². The number of anilines is 4. The molecule has 2 aliphatic heterocycles. The Balaban J connectivity index is 0.965. The van der Waals surface area contributed by atoms with Gasteiger partial charge in [0, 0.05) is 95.1 Å². The van der Waals surface area contributed by atoms with E-state index in [0.717, 1.165) is 30.2 Å². The summed E-state index contributed by atoms with van der Waals surface area (Å²) in [5, 5.41) is 3.37. The molecule has 0 bridgehead atoms. The normalized spacial score (nSPS) is 15.6. The number of piperidine rings is 1. The molecule has 0 amide bonds. The van der Waals surface area contributed by atoms with Crippen LogP contribution in [0.15, 0.2) is 129 Å². The molecule has 0 aliphatic carbocycles. The Bertz CT molecular complexity index is 3770. The van der Waals surface area contributed by atoms with Crippen molar-refractivity contribution in [1.82, 2.24) is 9.47 Å². The Morgan fingerprint density at radius 1 is 0.821 bits per heavy atom. The summed E-state index contributed by atoms with van der Waals surface area (Å²) in [5.74, 6) is -2.26. The third kappa shape index (κ3) is 15.5. The number of piperazine rings is 1. The number of halogens is 6. The maximum Gasteiger partial charge on any atom is 0.501 e. The summed E-state index contributed by atoms with van der Waals surface area (Å²) >= 11 is 7.27. The molecule has 8 rings (SSSR count). The number of rotatable bonds is 22. The maximum absolute atomic E-state index is 15.8. The predicted molar refractivity (Wildman–Crippen MR) is 316 cm³/mol. The van der Waals surface area contributed by atoms with Crippen molar-refractivity contribution in [3.05, 3.63) is 132 Å². The van der Waals surface area contributed by atoms with E-state index < -0.39 is 101 Å². The highest BCUT2D eigenvalue weighted by atomic mass is 35.5. The van der Waals surface area contributed by atoms with Gasteiger partial charge in [-0.1, -0.05) is 35.9 Å². The number of alkyl halides is 3. The van der Waals surface area contributed by atoms with Gasteiger partial charge in [0.2, 0.25) is 0 Å². The number of sulfonamides is 1. The van der Waals surface area contributed by atoms with Crippen LogP contribution in [0.4, 0.5) is 44.7 Å². The molecule has 2 aliphatic rings. The molecule has 1 unspecified atom stereocenters. The Labute approximate surface area is 494 Å². The zero-order chi connectivity index (χ0) is 61.1. The number of hydrogen-bond acceptors (Lipinski definition) is 14. The zero-order valence-corrected chi connectivity index (χ0v) is 50.9. The van der Waals surface area contributed by atoms with Crippen molar-refractivity contribution in [3.63, 3.8) is 0 Å². The molecule has 2 saturated heterocycles. The molecule has 84 heavy (non-hydrogen) atoms. The van der Waals surface area contributed by atoms with Gasteiger partial charge in [0.25, 0.3) is 19.9 Å². The van der Waals surface area contributed by atoms with E-state index >= 15 is 4.39 Å². The van der Waals surface area contributed by atoms with Crippen LogP contribution in [0.25, 0.3) is 22.4 Å². The molecule has 3 heterocycles. The van der Waals surface area contributed by atoms with Gasteiger partial charge in [0.15, 0.2) is 9.84 Å². The minimum absolute atomic E-state index is 0.00568. The molecule has 1 atom stereocenters. The molecule has 4 N–H and O–H groups in total. The van der Waals surface area contributed by atoms with Crippen LogP contribution in [0.5, 0.6) is 0 Å². The van der Waals surface area contributed by atoms with Crippen molar-refractivity contribution in [3.8, 4) is 22.4 Å². The summed E-state index contributed by atoms with van der Waals surface area (Å²) in [5.41, 5.74) is -2.67. The third-order valence-electron chi connectivity index (χ3n) is 14.5. The van der Waals surface area contributed by atoms with Crippen molar-refractivity contribution in [2.75, 3.05) is 90.4 Å². The minimum Gasteiger partial charge on any atom is -0.465 e. The number of thioether (sulfide) groups is 1. The van der Waals surface area contributed by atoms with Crippen molar-refractivity contribution in [2.24, 2.45) is 5.92 Å². The van der Waals surface area contributed by atoms with Gasteiger partial charge in [0.05, 0.1) is 33.3 Å². The minimum atomic E-state index is -6.20. The van der Waals surface area contributed by atoms with Crippen LogP contribution in [0, 0.1) is 24.5 Å².